The topological polar surface area (TPSA) is 117 Å². The van der Waals surface area contributed by atoms with E-state index in [9.17, 15) is 14.9 Å². The highest BCUT2D eigenvalue weighted by molar-refractivity contribution is 8.26. The van der Waals surface area contributed by atoms with Crippen LogP contribution in [0.5, 0.6) is 0 Å². The van der Waals surface area contributed by atoms with Crippen molar-refractivity contribution < 1.29 is 9.72 Å². The molecule has 0 atom stereocenters. The van der Waals surface area contributed by atoms with Crippen LogP contribution in [-0.4, -0.2) is 36.5 Å². The van der Waals surface area contributed by atoms with Gasteiger partial charge >= 0.3 is 0 Å². The fraction of sp³-hybridized carbons (Fsp3) is 0.238. The number of aromatic nitrogens is 1. The van der Waals surface area contributed by atoms with Crippen LogP contribution in [0, 0.1) is 36.3 Å². The number of rotatable bonds is 4. The van der Waals surface area contributed by atoms with Gasteiger partial charge in [-0.25, -0.2) is 0 Å². The molecule has 2 aliphatic heterocycles. The summed E-state index contributed by atoms with van der Waals surface area (Å²) in [6.07, 6.45) is 2.34. The highest BCUT2D eigenvalue weighted by atomic mass is 32.2. The Bertz CT molecular complexity index is 1250. The highest BCUT2D eigenvalue weighted by Gasteiger charge is 2.35. The van der Waals surface area contributed by atoms with E-state index in [-0.39, 0.29) is 17.1 Å². The number of thioether (sulfide) groups is 1. The first kappa shape index (κ1) is 20.7. The van der Waals surface area contributed by atoms with E-state index in [0.717, 1.165) is 27.6 Å². The van der Waals surface area contributed by atoms with Crippen molar-refractivity contribution in [2.24, 2.45) is 10.1 Å². The Kier molecular flexibility index (Phi) is 5.10. The van der Waals surface area contributed by atoms with Crippen LogP contribution in [-0.2, 0) is 4.79 Å². The van der Waals surface area contributed by atoms with Crippen LogP contribution in [0.2, 0.25) is 0 Å². The number of nitrogens with zero attached hydrogens (tertiary/aromatic N) is 5. The molecule has 0 bridgehead atoms. The zero-order valence-corrected chi connectivity index (χ0v) is 18.3. The van der Waals surface area contributed by atoms with Crippen LogP contribution in [0.25, 0.3) is 11.8 Å². The first-order valence-electron chi connectivity index (χ1n) is 9.64. The largest absolute Gasteiger partial charge is 0.317 e. The minimum absolute atomic E-state index is 0.00947. The van der Waals surface area contributed by atoms with Crippen molar-refractivity contribution in [3.05, 3.63) is 62.5 Å². The minimum atomic E-state index is -0.479. The summed E-state index contributed by atoms with van der Waals surface area (Å²) in [6, 6.07) is 6.63. The number of nitrogens with one attached hydrogen (secondary N) is 1. The van der Waals surface area contributed by atoms with Crippen LogP contribution in [0.15, 0.2) is 39.9 Å². The molecule has 9 nitrogen and oxygen atoms in total. The summed E-state index contributed by atoms with van der Waals surface area (Å²) in [5, 5.41) is 26.7. The molecule has 0 unspecified atom stereocenters. The van der Waals surface area contributed by atoms with E-state index in [1.165, 1.54) is 22.8 Å². The Morgan fingerprint density at radius 3 is 2.68 bits per heavy atom. The van der Waals surface area contributed by atoms with Crippen LogP contribution >= 0.6 is 11.8 Å². The minimum Gasteiger partial charge on any atom is -0.317 e. The van der Waals surface area contributed by atoms with Crippen LogP contribution in [0.3, 0.4) is 0 Å². The average molecular weight is 436 g/mol. The quantitative estimate of drug-likeness (QED) is 0.435. The van der Waals surface area contributed by atoms with E-state index in [2.05, 4.69) is 10.1 Å². The third-order valence-electron chi connectivity index (χ3n) is 5.21. The molecule has 0 spiro atoms. The summed E-state index contributed by atoms with van der Waals surface area (Å²) in [5.74, 6) is -0.491. The van der Waals surface area contributed by atoms with Crippen molar-refractivity contribution in [2.75, 3.05) is 0 Å². The lowest BCUT2D eigenvalue weighted by Gasteiger charge is -2.20. The number of non-ortho nitro benzene ring substituents is 1. The molecule has 0 radical (unpaired) electrons. The second-order valence-electron chi connectivity index (χ2n) is 7.26. The van der Waals surface area contributed by atoms with Crippen molar-refractivity contribution in [1.82, 2.24) is 9.58 Å². The number of hydrazone groups is 1. The molecular formula is C21H20N6O3S. The van der Waals surface area contributed by atoms with Crippen molar-refractivity contribution in [1.29, 1.82) is 5.41 Å². The molecule has 1 N–H and O–H groups in total. The number of fused-ring (bicyclic) bond motifs is 1. The molecule has 3 heterocycles. The second-order valence-corrected chi connectivity index (χ2v) is 8.30. The summed E-state index contributed by atoms with van der Waals surface area (Å²) in [7, 11) is 0. The number of hydrogen-bond acceptors (Lipinski definition) is 6. The molecule has 0 saturated heterocycles. The number of nitro benzene ring substituents is 1. The zero-order valence-electron chi connectivity index (χ0n) is 17.5. The van der Waals surface area contributed by atoms with Gasteiger partial charge in [-0.2, -0.15) is 15.1 Å². The number of carbonyl (C=O) groups is 1. The number of hydrogen-bond donors (Lipinski definition) is 1. The summed E-state index contributed by atoms with van der Waals surface area (Å²) in [6.45, 7) is 7.62. The first-order chi connectivity index (χ1) is 14.7. The Morgan fingerprint density at radius 1 is 1.26 bits per heavy atom. The monoisotopic (exact) mass is 436 g/mol. The van der Waals surface area contributed by atoms with Crippen molar-refractivity contribution >= 4 is 45.5 Å². The number of amidine groups is 2. The predicted molar refractivity (Wildman–Crippen MR) is 122 cm³/mol. The summed E-state index contributed by atoms with van der Waals surface area (Å²) < 4.78 is 1.92. The van der Waals surface area contributed by atoms with Gasteiger partial charge in [0.15, 0.2) is 5.84 Å². The van der Waals surface area contributed by atoms with Crippen molar-refractivity contribution in [3.63, 3.8) is 0 Å². The molecule has 1 aromatic carbocycles. The fourth-order valence-corrected chi connectivity index (χ4v) is 4.41. The Hall–Kier alpha value is -3.53. The molecule has 2 aromatic rings. The predicted octanol–water partition coefficient (Wildman–Crippen LogP) is 4.34. The SMILES string of the molecule is CCC1=NN2C(=N)/C(=C\c3cc(C)n(-c4cc([N+](=O)[O-])ccc4C)c3C)C(=O)N=C2S1. The van der Waals surface area contributed by atoms with Gasteiger partial charge in [-0.05, 0) is 62.2 Å². The number of nitro groups is 1. The maximum Gasteiger partial charge on any atom is 0.283 e. The maximum atomic E-state index is 12.6. The van der Waals surface area contributed by atoms with Gasteiger partial charge < -0.3 is 4.57 Å². The van der Waals surface area contributed by atoms with Gasteiger partial charge in [0, 0.05) is 23.5 Å². The molecule has 0 fully saturated rings. The van der Waals surface area contributed by atoms with Gasteiger partial charge in [0.25, 0.3) is 11.6 Å². The standard InChI is InChI=1S/C21H20N6O3S/c1-5-18-24-26-19(22)16(20(28)23-21(26)31-18)9-14-8-12(3)25(13(14)4)17-10-15(27(29)30)7-6-11(17)2/h6-10,22H,5H2,1-4H3/b16-9+,22-19?. The summed E-state index contributed by atoms with van der Waals surface area (Å²) in [4.78, 5) is 27.5. The van der Waals surface area contributed by atoms with E-state index in [1.807, 2.05) is 38.3 Å². The van der Waals surface area contributed by atoms with Crippen LogP contribution in [0.1, 0.15) is 35.9 Å². The van der Waals surface area contributed by atoms with Crippen molar-refractivity contribution in [3.8, 4) is 5.69 Å². The Labute approximate surface area is 182 Å². The van der Waals surface area contributed by atoms with Gasteiger partial charge in [-0.1, -0.05) is 13.0 Å². The normalized spacial score (nSPS) is 17.2. The molecule has 2 aliphatic rings. The molecule has 0 saturated carbocycles. The van der Waals surface area contributed by atoms with Gasteiger partial charge in [0.2, 0.25) is 5.17 Å². The van der Waals surface area contributed by atoms with Gasteiger partial charge in [0.1, 0.15) is 5.04 Å². The molecule has 1 aromatic heterocycles. The number of aliphatic imine (C=N–C) groups is 1. The van der Waals surface area contributed by atoms with Crippen LogP contribution in [0.4, 0.5) is 5.69 Å². The molecule has 0 aliphatic carbocycles. The number of aryl methyl sites for hydroxylation is 2. The third-order valence-corrected chi connectivity index (χ3v) is 6.27. The molecule has 31 heavy (non-hydrogen) atoms. The highest BCUT2D eigenvalue weighted by Crippen LogP contribution is 2.31. The van der Waals surface area contributed by atoms with E-state index in [4.69, 9.17) is 5.41 Å². The van der Waals surface area contributed by atoms with E-state index >= 15 is 0 Å². The van der Waals surface area contributed by atoms with E-state index in [1.54, 1.807) is 18.2 Å². The van der Waals surface area contributed by atoms with Gasteiger partial charge in [-0.15, -0.1) is 0 Å². The zero-order chi connectivity index (χ0) is 22.4. The fourth-order valence-electron chi connectivity index (χ4n) is 3.59. The van der Waals surface area contributed by atoms with Gasteiger partial charge in [-0.3, -0.25) is 20.3 Å². The molecule has 4 rings (SSSR count). The van der Waals surface area contributed by atoms with Crippen molar-refractivity contribution in [2.45, 2.75) is 34.1 Å². The smallest absolute Gasteiger partial charge is 0.283 e. The third kappa shape index (κ3) is 3.48. The van der Waals surface area contributed by atoms with E-state index < -0.39 is 10.8 Å². The van der Waals surface area contributed by atoms with E-state index in [0.29, 0.717) is 17.3 Å². The summed E-state index contributed by atoms with van der Waals surface area (Å²) >= 11 is 1.30. The first-order valence-corrected chi connectivity index (χ1v) is 10.5. The number of benzene rings is 1. The average Bonchev–Trinajstić information content (AvgIpc) is 3.26. The molecule has 1 amide bonds. The molecular weight excluding hydrogens is 416 g/mol. The Morgan fingerprint density at radius 2 is 2.00 bits per heavy atom. The van der Waals surface area contributed by atoms with Crippen LogP contribution < -0.4 is 0 Å². The summed E-state index contributed by atoms with van der Waals surface area (Å²) in [5.41, 5.74) is 4.15. The lowest BCUT2D eigenvalue weighted by molar-refractivity contribution is -0.384. The maximum absolute atomic E-state index is 12.6. The second kappa shape index (κ2) is 7.62. The number of amides is 1. The lowest BCUT2D eigenvalue weighted by Crippen LogP contribution is -2.35. The number of carbonyl (C=O) groups excluding carboxylic acids is 1. The lowest BCUT2D eigenvalue weighted by atomic mass is 10.1. The van der Waals surface area contributed by atoms with Gasteiger partial charge in [0.05, 0.1) is 16.2 Å². The molecule has 158 valence electrons. The molecule has 10 heteroatoms. The Balaban J connectivity index is 1.79.